The van der Waals surface area contributed by atoms with Crippen molar-refractivity contribution < 1.29 is 28.7 Å². The van der Waals surface area contributed by atoms with E-state index in [0.717, 1.165) is 10.1 Å². The lowest BCUT2D eigenvalue weighted by atomic mass is 10.0. The van der Waals surface area contributed by atoms with Crippen LogP contribution in [0.25, 0.3) is 10.1 Å². The molecule has 0 saturated carbocycles. The van der Waals surface area contributed by atoms with Gasteiger partial charge in [-0.25, -0.2) is 4.79 Å². The zero-order valence-corrected chi connectivity index (χ0v) is 18.4. The Labute approximate surface area is 182 Å². The maximum atomic E-state index is 12.3. The summed E-state index contributed by atoms with van der Waals surface area (Å²) in [6.45, 7) is 2.79. The number of benzene rings is 1. The molecule has 0 fully saturated rings. The van der Waals surface area contributed by atoms with E-state index in [1.807, 2.05) is 32.0 Å². The molecule has 2 rings (SSSR count). The molecule has 2 aromatic rings. The Morgan fingerprint density at radius 2 is 1.87 bits per heavy atom. The van der Waals surface area contributed by atoms with E-state index in [1.54, 1.807) is 6.07 Å². The van der Waals surface area contributed by atoms with Crippen LogP contribution in [0, 0.1) is 5.92 Å². The molecule has 162 valence electrons. The van der Waals surface area contributed by atoms with Crippen molar-refractivity contribution in [3.63, 3.8) is 0 Å². The summed E-state index contributed by atoms with van der Waals surface area (Å²) in [7, 11) is 1.23. The fraction of sp³-hybridized carbons (Fsp3) is 0.400. The number of nitrogens with one attached hydrogen (secondary N) is 2. The summed E-state index contributed by atoms with van der Waals surface area (Å²) in [6.07, 6.45) is 0.387. The summed E-state index contributed by atoms with van der Waals surface area (Å²) in [6, 6.07) is 6.48. The molecule has 30 heavy (non-hydrogen) atoms. The topological polar surface area (TPSA) is 111 Å². The first kappa shape index (κ1) is 23.6. The first-order valence-electron chi connectivity index (χ1n) is 9.21. The summed E-state index contributed by atoms with van der Waals surface area (Å²) >= 11 is 7.45. The summed E-state index contributed by atoms with van der Waals surface area (Å²) in [4.78, 5) is 48.1. The van der Waals surface area contributed by atoms with E-state index in [1.165, 1.54) is 18.4 Å². The van der Waals surface area contributed by atoms with Gasteiger partial charge in [-0.1, -0.05) is 43.6 Å². The lowest BCUT2D eigenvalue weighted by Crippen LogP contribution is -2.44. The van der Waals surface area contributed by atoms with E-state index < -0.39 is 42.9 Å². The molecule has 0 radical (unpaired) electrons. The predicted molar refractivity (Wildman–Crippen MR) is 114 cm³/mol. The van der Waals surface area contributed by atoms with Crippen LogP contribution in [0.4, 0.5) is 0 Å². The van der Waals surface area contributed by atoms with Crippen LogP contribution in [0.2, 0.25) is 5.02 Å². The maximum absolute atomic E-state index is 12.3. The molecule has 1 aromatic heterocycles. The number of thiophene rings is 1. The van der Waals surface area contributed by atoms with E-state index in [-0.39, 0.29) is 10.8 Å². The molecule has 1 atom stereocenters. The minimum Gasteiger partial charge on any atom is -0.467 e. The lowest BCUT2D eigenvalue weighted by molar-refractivity contribution is -0.149. The number of hydrogen-bond donors (Lipinski definition) is 2. The van der Waals surface area contributed by atoms with Gasteiger partial charge in [-0.05, 0) is 18.4 Å². The van der Waals surface area contributed by atoms with Crippen molar-refractivity contribution in [1.82, 2.24) is 10.6 Å². The fourth-order valence-electron chi connectivity index (χ4n) is 2.65. The number of esters is 2. The van der Waals surface area contributed by atoms with Crippen LogP contribution in [0.15, 0.2) is 24.3 Å². The molecule has 0 aliphatic rings. The van der Waals surface area contributed by atoms with Gasteiger partial charge in [-0.3, -0.25) is 14.4 Å². The minimum absolute atomic E-state index is 0.146. The molecule has 0 saturated heterocycles. The zero-order valence-electron chi connectivity index (χ0n) is 16.8. The van der Waals surface area contributed by atoms with Crippen molar-refractivity contribution in [2.45, 2.75) is 26.3 Å². The van der Waals surface area contributed by atoms with E-state index in [2.05, 4.69) is 15.4 Å². The number of ether oxygens (including phenoxy) is 2. The Morgan fingerprint density at radius 3 is 2.50 bits per heavy atom. The largest absolute Gasteiger partial charge is 0.467 e. The van der Waals surface area contributed by atoms with E-state index in [9.17, 15) is 19.2 Å². The Bertz CT molecular complexity index is 943. The third-order valence-corrected chi connectivity index (χ3v) is 5.70. The van der Waals surface area contributed by atoms with Crippen LogP contribution in [-0.2, 0) is 23.9 Å². The standard InChI is InChI=1S/C20H23ClN2O6S/c1-11(2)8-13(20(27)28-3)23-15(24)10-29-16(25)9-22-19(26)18-17(21)12-6-4-5-7-14(12)30-18/h4-7,11,13H,8-10H2,1-3H3,(H,22,26)(H,23,24). The molecular formula is C20H23ClN2O6S. The lowest BCUT2D eigenvalue weighted by Gasteiger charge is -2.18. The van der Waals surface area contributed by atoms with Crippen molar-refractivity contribution in [3.05, 3.63) is 34.2 Å². The molecule has 1 heterocycles. The van der Waals surface area contributed by atoms with Crippen LogP contribution >= 0.6 is 22.9 Å². The molecule has 8 nitrogen and oxygen atoms in total. The smallest absolute Gasteiger partial charge is 0.328 e. The molecule has 1 aromatic carbocycles. The van der Waals surface area contributed by atoms with Gasteiger partial charge in [-0.2, -0.15) is 0 Å². The maximum Gasteiger partial charge on any atom is 0.328 e. The van der Waals surface area contributed by atoms with Crippen molar-refractivity contribution in [3.8, 4) is 0 Å². The first-order valence-corrected chi connectivity index (χ1v) is 10.4. The molecule has 2 N–H and O–H groups in total. The number of amides is 2. The predicted octanol–water partition coefficient (Wildman–Crippen LogP) is 2.53. The van der Waals surface area contributed by atoms with Gasteiger partial charge in [0.1, 0.15) is 17.5 Å². The third kappa shape index (κ3) is 6.43. The molecule has 2 amide bonds. The molecule has 0 spiro atoms. The SMILES string of the molecule is COC(=O)C(CC(C)C)NC(=O)COC(=O)CNC(=O)c1sc2ccccc2c1Cl. The Morgan fingerprint density at radius 1 is 1.17 bits per heavy atom. The van der Waals surface area contributed by atoms with Gasteiger partial charge in [-0.15, -0.1) is 11.3 Å². The van der Waals surface area contributed by atoms with Gasteiger partial charge in [0.05, 0.1) is 12.1 Å². The van der Waals surface area contributed by atoms with E-state index in [0.29, 0.717) is 11.4 Å². The Kier molecular flexibility index (Phi) is 8.61. The van der Waals surface area contributed by atoms with Crippen molar-refractivity contribution >= 4 is 56.8 Å². The Balaban J connectivity index is 1.82. The van der Waals surface area contributed by atoms with Crippen LogP contribution in [0.1, 0.15) is 29.9 Å². The number of hydrogen-bond acceptors (Lipinski definition) is 7. The summed E-state index contributed by atoms with van der Waals surface area (Å²) in [5.74, 6) is -2.37. The highest BCUT2D eigenvalue weighted by molar-refractivity contribution is 7.21. The highest BCUT2D eigenvalue weighted by Crippen LogP contribution is 2.34. The van der Waals surface area contributed by atoms with Gasteiger partial charge >= 0.3 is 11.9 Å². The molecule has 0 aliphatic carbocycles. The number of carbonyl (C=O) groups is 4. The highest BCUT2D eigenvalue weighted by atomic mass is 35.5. The number of fused-ring (bicyclic) bond motifs is 1. The molecule has 1 unspecified atom stereocenters. The van der Waals surface area contributed by atoms with Gasteiger partial charge < -0.3 is 20.1 Å². The second-order valence-corrected chi connectivity index (χ2v) is 8.29. The van der Waals surface area contributed by atoms with Crippen LogP contribution in [0.5, 0.6) is 0 Å². The second kappa shape index (κ2) is 10.9. The molecule has 0 aliphatic heterocycles. The normalized spacial score (nSPS) is 11.8. The van der Waals surface area contributed by atoms with Gasteiger partial charge in [0.15, 0.2) is 6.61 Å². The summed E-state index contributed by atoms with van der Waals surface area (Å²) < 4.78 is 10.4. The monoisotopic (exact) mass is 454 g/mol. The quantitative estimate of drug-likeness (QED) is 0.563. The molecule has 10 heteroatoms. The molecular weight excluding hydrogens is 432 g/mol. The van der Waals surface area contributed by atoms with Crippen LogP contribution in [-0.4, -0.2) is 50.1 Å². The van der Waals surface area contributed by atoms with Gasteiger partial charge in [0.2, 0.25) is 0 Å². The third-order valence-electron chi connectivity index (χ3n) is 4.03. The molecule has 0 bridgehead atoms. The zero-order chi connectivity index (χ0) is 22.3. The summed E-state index contributed by atoms with van der Waals surface area (Å²) in [5, 5.41) is 5.98. The van der Waals surface area contributed by atoms with Crippen LogP contribution in [0.3, 0.4) is 0 Å². The Hall–Kier alpha value is -2.65. The summed E-state index contributed by atoms with van der Waals surface area (Å²) in [5.41, 5.74) is 0. The van der Waals surface area contributed by atoms with E-state index in [4.69, 9.17) is 16.3 Å². The second-order valence-electron chi connectivity index (χ2n) is 6.86. The van der Waals surface area contributed by atoms with Crippen molar-refractivity contribution in [2.75, 3.05) is 20.3 Å². The average Bonchev–Trinajstić information content (AvgIpc) is 3.06. The van der Waals surface area contributed by atoms with Crippen LogP contribution < -0.4 is 10.6 Å². The average molecular weight is 455 g/mol. The fourth-order valence-corrected chi connectivity index (χ4v) is 4.09. The first-order chi connectivity index (χ1) is 14.2. The minimum atomic E-state index is -0.823. The van der Waals surface area contributed by atoms with Crippen molar-refractivity contribution in [2.24, 2.45) is 5.92 Å². The number of rotatable bonds is 9. The number of halogens is 1. The number of methoxy groups -OCH3 is 1. The van der Waals surface area contributed by atoms with Gasteiger partial charge in [0.25, 0.3) is 11.8 Å². The van der Waals surface area contributed by atoms with Crippen molar-refractivity contribution in [1.29, 1.82) is 0 Å². The number of carbonyl (C=O) groups excluding carboxylic acids is 4. The van der Waals surface area contributed by atoms with E-state index >= 15 is 0 Å². The van der Waals surface area contributed by atoms with Gasteiger partial charge in [0, 0.05) is 10.1 Å². The highest BCUT2D eigenvalue weighted by Gasteiger charge is 2.23.